The Hall–Kier alpha value is -2.65. The van der Waals surface area contributed by atoms with E-state index in [4.69, 9.17) is 9.47 Å². The van der Waals surface area contributed by atoms with Crippen LogP contribution in [0.1, 0.15) is 19.4 Å². The molecule has 0 fully saturated rings. The molecule has 7 nitrogen and oxygen atoms in total. The Morgan fingerprint density at radius 1 is 1.17 bits per heavy atom. The van der Waals surface area contributed by atoms with Gasteiger partial charge in [-0.3, -0.25) is 4.79 Å². The molecule has 1 N–H and O–H groups in total. The third-order valence-corrected chi connectivity index (χ3v) is 6.05. The highest BCUT2D eigenvalue weighted by molar-refractivity contribution is 7.89. The molecule has 0 radical (unpaired) electrons. The number of amides is 1. The highest BCUT2D eigenvalue weighted by Gasteiger charge is 2.31. The minimum atomic E-state index is -4.20. The van der Waals surface area contributed by atoms with Crippen molar-refractivity contribution in [2.45, 2.75) is 31.3 Å². The summed E-state index contributed by atoms with van der Waals surface area (Å²) < 4.78 is 52.2. The van der Waals surface area contributed by atoms with Gasteiger partial charge >= 0.3 is 0 Å². The first kappa shape index (κ1) is 21.1. The molecule has 0 spiro atoms. The summed E-state index contributed by atoms with van der Waals surface area (Å²) in [7, 11) is -2.62. The molecule has 1 aliphatic rings. The first-order valence-electron chi connectivity index (χ1n) is 9.09. The molecule has 0 unspecified atom stereocenters. The second kappa shape index (κ2) is 8.38. The van der Waals surface area contributed by atoms with Crippen LogP contribution >= 0.6 is 0 Å². The Bertz CT molecular complexity index is 1010. The number of halogens is 1. The van der Waals surface area contributed by atoms with Gasteiger partial charge in [0.25, 0.3) is 0 Å². The molecule has 0 saturated carbocycles. The fourth-order valence-electron chi connectivity index (χ4n) is 2.99. The van der Waals surface area contributed by atoms with Crippen molar-refractivity contribution in [2.24, 2.45) is 5.92 Å². The maximum Gasteiger partial charge on any atom is 0.244 e. The topological polar surface area (TPSA) is 84.9 Å². The number of likely N-dealkylation sites (N-methyl/N-ethyl adjacent to an activating group) is 1. The SMILES string of the molecule is CC(C)[C@H](NS(=O)(=O)c1ccccc1F)C(=O)N(C)Cc1ccc2c(c1)OCO2. The number of sulfonamides is 1. The summed E-state index contributed by atoms with van der Waals surface area (Å²) in [5.41, 5.74) is 0.810. The van der Waals surface area contributed by atoms with Crippen LogP contribution in [0.2, 0.25) is 0 Å². The lowest BCUT2D eigenvalue weighted by Gasteiger charge is -2.27. The van der Waals surface area contributed by atoms with Gasteiger partial charge in [-0.25, -0.2) is 12.8 Å². The van der Waals surface area contributed by atoms with Gasteiger partial charge in [-0.1, -0.05) is 32.0 Å². The Kier molecular flexibility index (Phi) is 6.09. The van der Waals surface area contributed by atoms with Crippen molar-refractivity contribution in [3.63, 3.8) is 0 Å². The fourth-order valence-corrected chi connectivity index (χ4v) is 4.41. The van der Waals surface area contributed by atoms with Gasteiger partial charge in [-0.2, -0.15) is 4.72 Å². The molecule has 1 atom stereocenters. The molecule has 2 aromatic carbocycles. The largest absolute Gasteiger partial charge is 0.454 e. The summed E-state index contributed by atoms with van der Waals surface area (Å²) in [5, 5.41) is 0. The van der Waals surface area contributed by atoms with Gasteiger partial charge in [0.2, 0.25) is 22.7 Å². The average molecular weight is 422 g/mol. The molecule has 1 aliphatic heterocycles. The van der Waals surface area contributed by atoms with Crippen LogP contribution < -0.4 is 14.2 Å². The predicted octanol–water partition coefficient (Wildman–Crippen LogP) is 2.52. The van der Waals surface area contributed by atoms with Crippen molar-refractivity contribution >= 4 is 15.9 Å². The quantitative estimate of drug-likeness (QED) is 0.741. The first-order chi connectivity index (χ1) is 13.7. The number of nitrogens with one attached hydrogen (secondary N) is 1. The number of hydrogen-bond donors (Lipinski definition) is 1. The number of ether oxygens (including phenoxy) is 2. The minimum Gasteiger partial charge on any atom is -0.454 e. The van der Waals surface area contributed by atoms with Crippen molar-refractivity contribution in [2.75, 3.05) is 13.8 Å². The number of carbonyl (C=O) groups excluding carboxylic acids is 1. The zero-order chi connectivity index (χ0) is 21.2. The van der Waals surface area contributed by atoms with E-state index in [1.165, 1.54) is 17.0 Å². The number of nitrogens with zero attached hydrogens (tertiary/aromatic N) is 1. The zero-order valence-corrected chi connectivity index (χ0v) is 17.2. The molecule has 3 rings (SSSR count). The van der Waals surface area contributed by atoms with Crippen LogP contribution in [0.5, 0.6) is 11.5 Å². The van der Waals surface area contributed by atoms with Gasteiger partial charge in [0.05, 0.1) is 0 Å². The monoisotopic (exact) mass is 422 g/mol. The molecule has 2 aromatic rings. The fraction of sp³-hybridized carbons (Fsp3) is 0.350. The van der Waals surface area contributed by atoms with E-state index in [1.807, 2.05) is 6.07 Å². The predicted molar refractivity (Wildman–Crippen MR) is 104 cm³/mol. The summed E-state index contributed by atoms with van der Waals surface area (Å²) in [6.07, 6.45) is 0. The molecule has 9 heteroatoms. The van der Waals surface area contributed by atoms with Crippen LogP contribution in [0, 0.1) is 11.7 Å². The third kappa shape index (κ3) is 4.68. The highest BCUT2D eigenvalue weighted by atomic mass is 32.2. The van der Waals surface area contributed by atoms with Gasteiger partial charge in [0, 0.05) is 13.6 Å². The lowest BCUT2D eigenvalue weighted by molar-refractivity contribution is -0.133. The third-order valence-electron chi connectivity index (χ3n) is 4.57. The van der Waals surface area contributed by atoms with Crippen molar-refractivity contribution < 1.29 is 27.1 Å². The molecule has 156 valence electrons. The average Bonchev–Trinajstić information content (AvgIpc) is 3.13. The Labute approximate surface area is 169 Å². The van der Waals surface area contributed by atoms with Crippen LogP contribution in [-0.2, 0) is 21.4 Å². The molecule has 0 saturated heterocycles. The van der Waals surface area contributed by atoms with E-state index >= 15 is 0 Å². The number of fused-ring (bicyclic) bond motifs is 1. The Balaban J connectivity index is 1.76. The van der Waals surface area contributed by atoms with Crippen molar-refractivity contribution in [3.8, 4) is 11.5 Å². The van der Waals surface area contributed by atoms with Crippen molar-refractivity contribution in [1.82, 2.24) is 9.62 Å². The molecule has 1 amide bonds. The zero-order valence-electron chi connectivity index (χ0n) is 16.4. The normalized spacial score (nSPS) is 14.1. The van der Waals surface area contributed by atoms with E-state index in [9.17, 15) is 17.6 Å². The standard InChI is InChI=1S/C20H23FN2O5S/c1-13(2)19(22-29(25,26)18-7-5-4-6-15(18)21)20(24)23(3)11-14-8-9-16-17(10-14)28-12-27-16/h4-10,13,19,22H,11-12H2,1-3H3/t19-/m0/s1. The number of hydrogen-bond acceptors (Lipinski definition) is 5. The Morgan fingerprint density at radius 2 is 1.86 bits per heavy atom. The molecular formula is C20H23FN2O5S. The molecule has 0 aromatic heterocycles. The van der Waals surface area contributed by atoms with Gasteiger partial charge in [-0.15, -0.1) is 0 Å². The van der Waals surface area contributed by atoms with Crippen LogP contribution in [-0.4, -0.2) is 39.1 Å². The van der Waals surface area contributed by atoms with Crippen molar-refractivity contribution in [3.05, 3.63) is 53.8 Å². The van der Waals surface area contributed by atoms with E-state index in [1.54, 1.807) is 33.0 Å². The van der Waals surface area contributed by atoms with E-state index in [2.05, 4.69) is 4.72 Å². The minimum absolute atomic E-state index is 0.154. The smallest absolute Gasteiger partial charge is 0.244 e. The maximum absolute atomic E-state index is 14.0. The maximum atomic E-state index is 14.0. The molecular weight excluding hydrogens is 399 g/mol. The number of benzene rings is 2. The lowest BCUT2D eigenvalue weighted by Crippen LogP contribution is -2.50. The molecule has 0 aliphatic carbocycles. The second-order valence-electron chi connectivity index (χ2n) is 7.16. The molecule has 0 bridgehead atoms. The lowest BCUT2D eigenvalue weighted by atomic mass is 10.0. The van der Waals surface area contributed by atoms with Gasteiger partial charge in [-0.05, 0) is 35.7 Å². The molecule has 29 heavy (non-hydrogen) atoms. The number of rotatable bonds is 7. The van der Waals surface area contributed by atoms with Crippen LogP contribution in [0.3, 0.4) is 0 Å². The summed E-state index contributed by atoms with van der Waals surface area (Å²) in [6.45, 7) is 3.85. The van der Waals surface area contributed by atoms with Crippen LogP contribution in [0.4, 0.5) is 4.39 Å². The van der Waals surface area contributed by atoms with Gasteiger partial charge in [0.15, 0.2) is 11.5 Å². The summed E-state index contributed by atoms with van der Waals surface area (Å²) in [5.74, 6) is -0.394. The van der Waals surface area contributed by atoms with Crippen LogP contribution in [0.15, 0.2) is 47.4 Å². The molecule has 1 heterocycles. The summed E-state index contributed by atoms with van der Waals surface area (Å²) >= 11 is 0. The first-order valence-corrected chi connectivity index (χ1v) is 10.6. The van der Waals surface area contributed by atoms with Gasteiger partial charge in [0.1, 0.15) is 16.8 Å². The van der Waals surface area contributed by atoms with E-state index < -0.39 is 32.7 Å². The van der Waals surface area contributed by atoms with E-state index in [0.717, 1.165) is 17.7 Å². The second-order valence-corrected chi connectivity index (χ2v) is 8.84. The highest BCUT2D eigenvalue weighted by Crippen LogP contribution is 2.32. The van der Waals surface area contributed by atoms with Gasteiger partial charge < -0.3 is 14.4 Å². The summed E-state index contributed by atoms with van der Waals surface area (Å²) in [6, 6.07) is 9.36. The van der Waals surface area contributed by atoms with E-state index in [-0.39, 0.29) is 19.3 Å². The summed E-state index contributed by atoms with van der Waals surface area (Å²) in [4.78, 5) is 13.9. The van der Waals surface area contributed by atoms with E-state index in [0.29, 0.717) is 11.5 Å². The van der Waals surface area contributed by atoms with Crippen LogP contribution in [0.25, 0.3) is 0 Å². The number of carbonyl (C=O) groups is 1. The Morgan fingerprint density at radius 3 is 2.55 bits per heavy atom. The van der Waals surface area contributed by atoms with Crippen molar-refractivity contribution in [1.29, 1.82) is 0 Å².